The van der Waals surface area contributed by atoms with Crippen molar-refractivity contribution in [1.82, 2.24) is 15.2 Å². The largest absolute Gasteiger partial charge is 0.314 e. The Hall–Kier alpha value is -0.700. The average molecular weight is 349 g/mol. The van der Waals surface area contributed by atoms with E-state index in [4.69, 9.17) is 0 Å². The predicted octanol–water partition coefficient (Wildman–Crippen LogP) is 0.491. The Kier molecular flexibility index (Phi) is 5.14. The fourth-order valence-electron chi connectivity index (χ4n) is 1.86. The summed E-state index contributed by atoms with van der Waals surface area (Å²) in [4.78, 5) is 6.05. The van der Waals surface area contributed by atoms with Crippen LogP contribution in [-0.2, 0) is 10.0 Å². The van der Waals surface area contributed by atoms with E-state index in [1.807, 2.05) is 0 Å². The monoisotopic (exact) mass is 348 g/mol. The summed E-state index contributed by atoms with van der Waals surface area (Å²) < 4.78 is 27.2. The van der Waals surface area contributed by atoms with Crippen molar-refractivity contribution >= 4 is 31.6 Å². The molecule has 6 nitrogen and oxygen atoms in total. The summed E-state index contributed by atoms with van der Waals surface area (Å²) >= 11 is 3.27. The SMILES string of the molecule is O=S(=O)(CCN1CCNCC1)Nc1ccncc1Br. The van der Waals surface area contributed by atoms with E-state index in [-0.39, 0.29) is 5.75 Å². The van der Waals surface area contributed by atoms with Crippen molar-refractivity contribution in [2.45, 2.75) is 0 Å². The molecule has 1 aliphatic rings. The molecule has 0 amide bonds. The fourth-order valence-corrected chi connectivity index (χ4v) is 3.45. The maximum Gasteiger partial charge on any atom is 0.234 e. The maximum atomic E-state index is 12.0. The van der Waals surface area contributed by atoms with Crippen LogP contribution in [0.1, 0.15) is 0 Å². The minimum Gasteiger partial charge on any atom is -0.314 e. The van der Waals surface area contributed by atoms with Gasteiger partial charge in [-0.05, 0) is 22.0 Å². The molecule has 1 aromatic heterocycles. The van der Waals surface area contributed by atoms with Gasteiger partial charge in [-0.3, -0.25) is 14.6 Å². The highest BCUT2D eigenvalue weighted by atomic mass is 79.9. The van der Waals surface area contributed by atoms with Crippen LogP contribution in [0.5, 0.6) is 0 Å². The van der Waals surface area contributed by atoms with E-state index in [1.54, 1.807) is 18.5 Å². The van der Waals surface area contributed by atoms with E-state index in [0.29, 0.717) is 16.7 Å². The van der Waals surface area contributed by atoms with E-state index in [0.717, 1.165) is 26.2 Å². The Morgan fingerprint density at radius 3 is 2.84 bits per heavy atom. The summed E-state index contributed by atoms with van der Waals surface area (Å²) in [5, 5.41) is 3.24. The molecule has 1 fully saturated rings. The highest BCUT2D eigenvalue weighted by Crippen LogP contribution is 2.21. The van der Waals surface area contributed by atoms with Gasteiger partial charge in [-0.2, -0.15) is 0 Å². The van der Waals surface area contributed by atoms with Crippen LogP contribution in [-0.4, -0.2) is 56.8 Å². The normalized spacial score (nSPS) is 17.3. The molecule has 0 aliphatic carbocycles. The number of nitrogens with one attached hydrogen (secondary N) is 2. The third kappa shape index (κ3) is 4.72. The van der Waals surface area contributed by atoms with Crippen molar-refractivity contribution in [3.8, 4) is 0 Å². The Balaban J connectivity index is 1.90. The Bertz CT molecular complexity index is 517. The van der Waals surface area contributed by atoms with Gasteiger partial charge in [-0.1, -0.05) is 0 Å². The second kappa shape index (κ2) is 6.65. The third-order valence-electron chi connectivity index (χ3n) is 2.92. The number of nitrogens with zero attached hydrogens (tertiary/aromatic N) is 2. The highest BCUT2D eigenvalue weighted by molar-refractivity contribution is 9.10. The molecule has 2 heterocycles. The number of hydrogen-bond donors (Lipinski definition) is 2. The molecule has 0 radical (unpaired) electrons. The Morgan fingerprint density at radius 2 is 2.16 bits per heavy atom. The lowest BCUT2D eigenvalue weighted by molar-refractivity contribution is 0.254. The molecule has 0 unspecified atom stereocenters. The zero-order chi connectivity index (χ0) is 13.7. The topological polar surface area (TPSA) is 74.3 Å². The molecule has 8 heteroatoms. The number of anilines is 1. The van der Waals surface area contributed by atoms with Crippen molar-refractivity contribution in [2.24, 2.45) is 0 Å². The van der Waals surface area contributed by atoms with Crippen LogP contribution < -0.4 is 10.0 Å². The summed E-state index contributed by atoms with van der Waals surface area (Å²) in [7, 11) is -3.33. The van der Waals surface area contributed by atoms with Gasteiger partial charge < -0.3 is 5.32 Å². The van der Waals surface area contributed by atoms with Crippen LogP contribution in [0.15, 0.2) is 22.9 Å². The lowest BCUT2D eigenvalue weighted by Gasteiger charge is -2.26. The Morgan fingerprint density at radius 1 is 1.42 bits per heavy atom. The van der Waals surface area contributed by atoms with Gasteiger partial charge in [0.2, 0.25) is 10.0 Å². The first-order chi connectivity index (χ1) is 9.07. The van der Waals surface area contributed by atoms with Crippen molar-refractivity contribution in [3.05, 3.63) is 22.9 Å². The summed E-state index contributed by atoms with van der Waals surface area (Å²) in [5.41, 5.74) is 0.523. The van der Waals surface area contributed by atoms with Gasteiger partial charge in [0.15, 0.2) is 0 Å². The van der Waals surface area contributed by atoms with Crippen molar-refractivity contribution < 1.29 is 8.42 Å². The van der Waals surface area contributed by atoms with E-state index in [1.165, 1.54) is 0 Å². The smallest absolute Gasteiger partial charge is 0.234 e. The number of rotatable bonds is 5. The van der Waals surface area contributed by atoms with Gasteiger partial charge in [0.1, 0.15) is 0 Å². The minimum atomic E-state index is -3.33. The van der Waals surface area contributed by atoms with Crippen LogP contribution in [0, 0.1) is 0 Å². The van der Waals surface area contributed by atoms with Gasteiger partial charge in [0.25, 0.3) is 0 Å². The van der Waals surface area contributed by atoms with Crippen molar-refractivity contribution in [3.63, 3.8) is 0 Å². The van der Waals surface area contributed by atoms with Crippen LogP contribution in [0.4, 0.5) is 5.69 Å². The summed E-state index contributed by atoms with van der Waals surface area (Å²) in [5.74, 6) is 0.0990. The van der Waals surface area contributed by atoms with E-state index >= 15 is 0 Å². The van der Waals surface area contributed by atoms with Gasteiger partial charge in [0.05, 0.1) is 15.9 Å². The molecular weight excluding hydrogens is 332 g/mol. The van der Waals surface area contributed by atoms with Gasteiger partial charge >= 0.3 is 0 Å². The molecule has 0 aromatic carbocycles. The van der Waals surface area contributed by atoms with Crippen LogP contribution >= 0.6 is 15.9 Å². The lowest BCUT2D eigenvalue weighted by atomic mass is 10.4. The van der Waals surface area contributed by atoms with Crippen LogP contribution in [0.2, 0.25) is 0 Å². The zero-order valence-corrected chi connectivity index (χ0v) is 12.9. The third-order valence-corrected chi connectivity index (χ3v) is 4.81. The molecule has 0 bridgehead atoms. The van der Waals surface area contributed by atoms with E-state index in [9.17, 15) is 8.42 Å². The number of hydrogen-bond acceptors (Lipinski definition) is 5. The first-order valence-corrected chi connectivity index (χ1v) is 8.54. The van der Waals surface area contributed by atoms with E-state index in [2.05, 4.69) is 35.9 Å². The minimum absolute atomic E-state index is 0.0990. The predicted molar refractivity (Wildman–Crippen MR) is 78.7 cm³/mol. The first-order valence-electron chi connectivity index (χ1n) is 6.10. The van der Waals surface area contributed by atoms with Crippen molar-refractivity contribution in [1.29, 1.82) is 0 Å². The molecule has 1 aliphatic heterocycles. The quantitative estimate of drug-likeness (QED) is 0.810. The lowest BCUT2D eigenvalue weighted by Crippen LogP contribution is -2.45. The number of sulfonamides is 1. The molecular formula is C11H17BrN4O2S. The number of halogens is 1. The fraction of sp³-hybridized carbons (Fsp3) is 0.545. The molecule has 0 atom stereocenters. The standard InChI is InChI=1S/C11H17BrN4O2S/c12-10-9-14-2-1-11(10)15-19(17,18)8-7-16-5-3-13-4-6-16/h1-2,9,13H,3-8H2,(H,14,15). The van der Waals surface area contributed by atoms with E-state index < -0.39 is 10.0 Å². The van der Waals surface area contributed by atoms with Crippen LogP contribution in [0.3, 0.4) is 0 Å². The second-order valence-electron chi connectivity index (χ2n) is 4.37. The molecule has 1 aromatic rings. The van der Waals surface area contributed by atoms with Crippen LogP contribution in [0.25, 0.3) is 0 Å². The van der Waals surface area contributed by atoms with Crippen molar-refractivity contribution in [2.75, 3.05) is 43.2 Å². The molecule has 2 N–H and O–H groups in total. The maximum absolute atomic E-state index is 12.0. The summed E-state index contributed by atoms with van der Waals surface area (Å²) in [6.07, 6.45) is 3.12. The summed E-state index contributed by atoms with van der Waals surface area (Å²) in [6.45, 7) is 4.19. The molecule has 1 saturated heterocycles. The Labute approximate surface area is 121 Å². The van der Waals surface area contributed by atoms with Gasteiger partial charge in [0, 0.05) is 45.1 Å². The number of aromatic nitrogens is 1. The van der Waals surface area contributed by atoms with Gasteiger partial charge in [-0.25, -0.2) is 8.42 Å². The molecule has 19 heavy (non-hydrogen) atoms. The molecule has 0 saturated carbocycles. The second-order valence-corrected chi connectivity index (χ2v) is 7.06. The van der Waals surface area contributed by atoms with Gasteiger partial charge in [-0.15, -0.1) is 0 Å². The average Bonchev–Trinajstić information content (AvgIpc) is 2.40. The number of piperazine rings is 1. The number of pyridine rings is 1. The zero-order valence-electron chi connectivity index (χ0n) is 10.5. The summed E-state index contributed by atoms with van der Waals surface area (Å²) in [6, 6.07) is 1.63. The molecule has 0 spiro atoms. The first kappa shape index (κ1) is 14.7. The highest BCUT2D eigenvalue weighted by Gasteiger charge is 2.16. The molecule has 106 valence electrons. The molecule has 2 rings (SSSR count).